The van der Waals surface area contributed by atoms with E-state index in [1.165, 1.54) is 16.7 Å². The number of anilines is 1. The van der Waals surface area contributed by atoms with Crippen LogP contribution in [0.2, 0.25) is 10.0 Å². The van der Waals surface area contributed by atoms with Crippen molar-refractivity contribution in [3.63, 3.8) is 0 Å². The minimum absolute atomic E-state index is 0.188. The maximum absolute atomic E-state index is 13.1. The van der Waals surface area contributed by atoms with Crippen molar-refractivity contribution in [2.45, 2.75) is 19.3 Å². The largest absolute Gasteiger partial charge is 0.287 e. The number of carbonyl (C=O) groups excluding carboxylic acids is 3. The van der Waals surface area contributed by atoms with Crippen molar-refractivity contribution in [3.8, 4) is 0 Å². The normalized spacial score (nSPS) is 18.4. The Labute approximate surface area is 187 Å². The van der Waals surface area contributed by atoms with Gasteiger partial charge in [-0.15, -0.1) is 0 Å². The predicted octanol–water partition coefficient (Wildman–Crippen LogP) is 4.91. The number of halogens is 2. The smallest absolute Gasteiger partial charge is 0.259 e. The second-order valence-electron chi connectivity index (χ2n) is 6.82. The topological polar surface area (TPSA) is 70.1 Å². The number of hydrogen-bond donors (Lipinski definition) is 0. The molecule has 0 saturated carbocycles. The number of amidine groups is 1. The third-order valence-corrected chi connectivity index (χ3v) is 6.59. The average Bonchev–Trinajstić information content (AvgIpc) is 3.09. The first-order chi connectivity index (χ1) is 14.4. The quantitative estimate of drug-likeness (QED) is 0.608. The van der Waals surface area contributed by atoms with Gasteiger partial charge in [0.15, 0.2) is 5.17 Å². The van der Waals surface area contributed by atoms with Crippen LogP contribution < -0.4 is 4.90 Å². The molecule has 0 N–H and O–H groups in total. The maximum atomic E-state index is 13.1. The summed E-state index contributed by atoms with van der Waals surface area (Å²) in [7, 11) is 0. The second kappa shape index (κ2) is 8.79. The minimum atomic E-state index is -0.220. The van der Waals surface area contributed by atoms with E-state index >= 15 is 0 Å². The van der Waals surface area contributed by atoms with Crippen molar-refractivity contribution in [1.29, 1.82) is 0 Å². The monoisotopic (exact) mass is 461 g/mol. The zero-order chi connectivity index (χ0) is 21.3. The molecular formula is C21H17Cl2N3O3S. The molecule has 2 fully saturated rings. The standard InChI is InChI=1S/C21H17Cl2N3O3S/c22-16-7-4-14(12-17(16)23)24-21-25(10-1-11-30-21)20(29)13-2-5-15(6-3-13)26-18(27)8-9-19(26)28/h2-7,12H,1,8-11H2. The number of amides is 3. The molecule has 0 radical (unpaired) electrons. The first-order valence-corrected chi connectivity index (χ1v) is 11.1. The highest BCUT2D eigenvalue weighted by molar-refractivity contribution is 8.13. The van der Waals surface area contributed by atoms with E-state index in [-0.39, 0.29) is 30.6 Å². The molecule has 0 bridgehead atoms. The Balaban J connectivity index is 1.57. The Morgan fingerprint density at radius 1 is 0.967 bits per heavy atom. The SMILES string of the molecule is O=C(c1ccc(N2C(=O)CCC2=O)cc1)N1CCCSC1=Nc1ccc(Cl)c(Cl)c1. The summed E-state index contributed by atoms with van der Waals surface area (Å²) in [4.78, 5) is 44.3. The van der Waals surface area contributed by atoms with Crippen LogP contribution in [0.15, 0.2) is 47.5 Å². The van der Waals surface area contributed by atoms with Gasteiger partial charge in [0.05, 0.1) is 21.4 Å². The summed E-state index contributed by atoms with van der Waals surface area (Å²) in [5.41, 5.74) is 1.56. The number of aliphatic imine (C=N–C) groups is 1. The molecule has 0 unspecified atom stereocenters. The Hall–Kier alpha value is -2.35. The Kier molecular flexibility index (Phi) is 6.13. The Bertz CT molecular complexity index is 1040. The van der Waals surface area contributed by atoms with Crippen LogP contribution in [0.3, 0.4) is 0 Å². The lowest BCUT2D eigenvalue weighted by Gasteiger charge is -2.28. The van der Waals surface area contributed by atoms with Gasteiger partial charge in [0.25, 0.3) is 5.91 Å². The molecule has 2 aliphatic heterocycles. The highest BCUT2D eigenvalue weighted by atomic mass is 35.5. The number of carbonyl (C=O) groups is 3. The molecule has 3 amide bonds. The van der Waals surface area contributed by atoms with Crippen LogP contribution in [0.25, 0.3) is 0 Å². The van der Waals surface area contributed by atoms with Crippen LogP contribution in [0.5, 0.6) is 0 Å². The zero-order valence-corrected chi connectivity index (χ0v) is 18.1. The fraction of sp³-hybridized carbons (Fsp3) is 0.238. The van der Waals surface area contributed by atoms with Gasteiger partial charge in [0.2, 0.25) is 11.8 Å². The van der Waals surface area contributed by atoms with E-state index in [1.807, 2.05) is 0 Å². The van der Waals surface area contributed by atoms with Crippen molar-refractivity contribution in [1.82, 2.24) is 4.90 Å². The lowest BCUT2D eigenvalue weighted by Crippen LogP contribution is -2.39. The number of nitrogens with zero attached hydrogens (tertiary/aromatic N) is 3. The third kappa shape index (κ3) is 4.24. The summed E-state index contributed by atoms with van der Waals surface area (Å²) >= 11 is 13.5. The number of rotatable bonds is 3. The van der Waals surface area contributed by atoms with Crippen LogP contribution in [-0.4, -0.2) is 40.1 Å². The number of thioether (sulfide) groups is 1. The molecule has 4 rings (SSSR count). The van der Waals surface area contributed by atoms with Crippen LogP contribution in [0, 0.1) is 0 Å². The van der Waals surface area contributed by atoms with E-state index < -0.39 is 0 Å². The van der Waals surface area contributed by atoms with Gasteiger partial charge in [-0.05, 0) is 48.9 Å². The van der Waals surface area contributed by atoms with Crippen molar-refractivity contribution in [3.05, 3.63) is 58.1 Å². The summed E-state index contributed by atoms with van der Waals surface area (Å²) < 4.78 is 0. The Morgan fingerprint density at radius 2 is 1.67 bits per heavy atom. The molecule has 2 saturated heterocycles. The van der Waals surface area contributed by atoms with Crippen molar-refractivity contribution in [2.24, 2.45) is 4.99 Å². The molecule has 30 heavy (non-hydrogen) atoms. The summed E-state index contributed by atoms with van der Waals surface area (Å²) in [5.74, 6) is 0.235. The van der Waals surface area contributed by atoms with E-state index in [4.69, 9.17) is 23.2 Å². The number of imide groups is 1. The van der Waals surface area contributed by atoms with E-state index in [0.717, 1.165) is 12.2 Å². The molecular weight excluding hydrogens is 445 g/mol. The first-order valence-electron chi connectivity index (χ1n) is 9.38. The van der Waals surface area contributed by atoms with E-state index in [0.29, 0.717) is 38.7 Å². The van der Waals surface area contributed by atoms with Crippen molar-refractivity contribution in [2.75, 3.05) is 17.2 Å². The van der Waals surface area contributed by atoms with E-state index in [2.05, 4.69) is 4.99 Å². The molecule has 9 heteroatoms. The van der Waals surface area contributed by atoms with Gasteiger partial charge < -0.3 is 0 Å². The molecule has 0 spiro atoms. The van der Waals surface area contributed by atoms with Gasteiger partial charge in [0.1, 0.15) is 0 Å². The van der Waals surface area contributed by atoms with E-state index in [9.17, 15) is 14.4 Å². The fourth-order valence-electron chi connectivity index (χ4n) is 3.28. The molecule has 2 aromatic carbocycles. The molecule has 0 aliphatic carbocycles. The molecule has 0 aromatic heterocycles. The van der Waals surface area contributed by atoms with Gasteiger partial charge in [-0.1, -0.05) is 35.0 Å². The summed E-state index contributed by atoms with van der Waals surface area (Å²) in [5, 5.41) is 1.44. The number of benzene rings is 2. The van der Waals surface area contributed by atoms with Crippen LogP contribution in [0.1, 0.15) is 29.6 Å². The van der Waals surface area contributed by atoms with Crippen molar-refractivity contribution < 1.29 is 14.4 Å². The Morgan fingerprint density at radius 3 is 2.33 bits per heavy atom. The molecule has 6 nitrogen and oxygen atoms in total. The maximum Gasteiger partial charge on any atom is 0.259 e. The molecule has 2 aromatic rings. The zero-order valence-electron chi connectivity index (χ0n) is 15.8. The van der Waals surface area contributed by atoms with E-state index in [1.54, 1.807) is 47.4 Å². The van der Waals surface area contributed by atoms with Crippen LogP contribution in [-0.2, 0) is 9.59 Å². The van der Waals surface area contributed by atoms with Gasteiger partial charge >= 0.3 is 0 Å². The molecule has 2 heterocycles. The second-order valence-corrected chi connectivity index (χ2v) is 8.70. The molecule has 154 valence electrons. The van der Waals surface area contributed by atoms with Gasteiger partial charge in [-0.3, -0.25) is 24.2 Å². The van der Waals surface area contributed by atoms with Crippen LogP contribution >= 0.6 is 35.0 Å². The molecule has 2 aliphatic rings. The summed E-state index contributed by atoms with van der Waals surface area (Å²) in [6.45, 7) is 0.552. The van der Waals surface area contributed by atoms with Gasteiger partial charge in [-0.25, -0.2) is 4.99 Å². The summed E-state index contributed by atoms with van der Waals surface area (Å²) in [6.07, 6.45) is 1.30. The summed E-state index contributed by atoms with van der Waals surface area (Å²) in [6, 6.07) is 11.6. The minimum Gasteiger partial charge on any atom is -0.287 e. The van der Waals surface area contributed by atoms with Gasteiger partial charge in [-0.2, -0.15) is 0 Å². The van der Waals surface area contributed by atoms with Gasteiger partial charge in [0, 0.05) is 30.7 Å². The predicted molar refractivity (Wildman–Crippen MR) is 120 cm³/mol. The number of hydrogen-bond acceptors (Lipinski definition) is 5. The highest BCUT2D eigenvalue weighted by Gasteiger charge is 2.31. The lowest BCUT2D eigenvalue weighted by atomic mass is 10.1. The lowest BCUT2D eigenvalue weighted by molar-refractivity contribution is -0.121. The third-order valence-electron chi connectivity index (χ3n) is 4.79. The molecule has 0 atom stereocenters. The average molecular weight is 462 g/mol. The highest BCUT2D eigenvalue weighted by Crippen LogP contribution is 2.30. The van der Waals surface area contributed by atoms with Crippen LogP contribution in [0.4, 0.5) is 11.4 Å². The fourth-order valence-corrected chi connectivity index (χ4v) is 4.53. The first kappa shape index (κ1) is 20.9. The van der Waals surface area contributed by atoms with Crippen molar-refractivity contribution >= 4 is 69.2 Å².